The SMILES string of the molecule is COc1ccc(NC=CC(O)=C2C(=O)CCCC2=O)cc1. The zero-order valence-corrected chi connectivity index (χ0v) is 11.8. The van der Waals surface area contributed by atoms with E-state index in [4.69, 9.17) is 4.74 Å². The van der Waals surface area contributed by atoms with Gasteiger partial charge in [0.25, 0.3) is 0 Å². The van der Waals surface area contributed by atoms with Crippen LogP contribution in [-0.4, -0.2) is 23.8 Å². The third-order valence-corrected chi connectivity index (χ3v) is 3.20. The molecule has 0 spiro atoms. The number of hydrogen-bond acceptors (Lipinski definition) is 5. The number of anilines is 1. The first kappa shape index (κ1) is 14.8. The average molecular weight is 287 g/mol. The van der Waals surface area contributed by atoms with E-state index in [0.29, 0.717) is 19.3 Å². The van der Waals surface area contributed by atoms with Gasteiger partial charge < -0.3 is 15.2 Å². The second-order valence-electron chi connectivity index (χ2n) is 4.67. The van der Waals surface area contributed by atoms with Crippen molar-refractivity contribution in [3.05, 3.63) is 47.9 Å². The molecule has 1 fully saturated rings. The maximum atomic E-state index is 11.6. The number of carbonyl (C=O) groups excluding carboxylic acids is 2. The van der Waals surface area contributed by atoms with Gasteiger partial charge in [0.05, 0.1) is 7.11 Å². The fourth-order valence-corrected chi connectivity index (χ4v) is 2.09. The molecule has 0 aromatic heterocycles. The molecule has 0 heterocycles. The Morgan fingerprint density at radius 1 is 1.19 bits per heavy atom. The molecule has 0 amide bonds. The molecule has 1 aromatic carbocycles. The summed E-state index contributed by atoms with van der Waals surface area (Å²) in [5.41, 5.74) is 0.708. The quantitative estimate of drug-likeness (QED) is 0.506. The number of rotatable bonds is 4. The maximum Gasteiger partial charge on any atom is 0.170 e. The number of carbonyl (C=O) groups is 2. The van der Waals surface area contributed by atoms with E-state index < -0.39 is 0 Å². The number of nitrogens with one attached hydrogen (secondary N) is 1. The number of allylic oxidation sites excluding steroid dienone is 2. The van der Waals surface area contributed by atoms with Gasteiger partial charge in [-0.3, -0.25) is 9.59 Å². The van der Waals surface area contributed by atoms with Crippen LogP contribution < -0.4 is 10.1 Å². The van der Waals surface area contributed by atoms with E-state index in [1.54, 1.807) is 19.2 Å². The second-order valence-corrected chi connectivity index (χ2v) is 4.67. The van der Waals surface area contributed by atoms with E-state index in [0.717, 1.165) is 11.4 Å². The number of benzene rings is 1. The van der Waals surface area contributed by atoms with Crippen LogP contribution in [0.15, 0.2) is 47.9 Å². The summed E-state index contributed by atoms with van der Waals surface area (Å²) in [7, 11) is 1.59. The lowest BCUT2D eigenvalue weighted by molar-refractivity contribution is -0.124. The summed E-state index contributed by atoms with van der Waals surface area (Å²) in [5.74, 6) is -0.130. The van der Waals surface area contributed by atoms with Gasteiger partial charge in [-0.05, 0) is 36.8 Å². The predicted octanol–water partition coefficient (Wildman–Crippen LogP) is 2.76. The molecule has 2 rings (SSSR count). The summed E-state index contributed by atoms with van der Waals surface area (Å²) in [6.45, 7) is 0. The fraction of sp³-hybridized carbons (Fsp3) is 0.250. The van der Waals surface area contributed by atoms with E-state index in [9.17, 15) is 14.7 Å². The number of hydrogen-bond donors (Lipinski definition) is 2. The van der Waals surface area contributed by atoms with E-state index in [1.165, 1.54) is 12.3 Å². The highest BCUT2D eigenvalue weighted by Gasteiger charge is 2.25. The molecular formula is C16H17NO4. The summed E-state index contributed by atoms with van der Waals surface area (Å²) in [4.78, 5) is 23.3. The third-order valence-electron chi connectivity index (χ3n) is 3.20. The van der Waals surface area contributed by atoms with Crippen LogP contribution in [0.4, 0.5) is 5.69 Å². The van der Waals surface area contributed by atoms with E-state index in [2.05, 4.69) is 5.32 Å². The Kier molecular flexibility index (Phi) is 4.77. The lowest BCUT2D eigenvalue weighted by atomic mass is 9.91. The summed E-state index contributed by atoms with van der Waals surface area (Å²) >= 11 is 0. The summed E-state index contributed by atoms with van der Waals surface area (Å²) in [6.07, 6.45) is 3.98. The topological polar surface area (TPSA) is 75.6 Å². The van der Waals surface area contributed by atoms with Gasteiger partial charge in [-0.2, -0.15) is 0 Å². The van der Waals surface area contributed by atoms with Gasteiger partial charge in [0.15, 0.2) is 11.6 Å². The Hall–Kier alpha value is -2.56. The molecule has 1 saturated carbocycles. The average Bonchev–Trinajstić information content (AvgIpc) is 2.48. The molecule has 5 heteroatoms. The van der Waals surface area contributed by atoms with Gasteiger partial charge in [-0.15, -0.1) is 0 Å². The van der Waals surface area contributed by atoms with Crippen LogP contribution in [0.5, 0.6) is 5.75 Å². The molecule has 110 valence electrons. The Bertz CT molecular complexity index is 581. The highest BCUT2D eigenvalue weighted by Crippen LogP contribution is 2.20. The highest BCUT2D eigenvalue weighted by molar-refractivity contribution is 6.22. The van der Waals surface area contributed by atoms with Gasteiger partial charge in [-0.25, -0.2) is 0 Å². The van der Waals surface area contributed by atoms with Crippen LogP contribution in [-0.2, 0) is 9.59 Å². The van der Waals surface area contributed by atoms with Crippen molar-refractivity contribution in [1.82, 2.24) is 0 Å². The molecule has 5 nitrogen and oxygen atoms in total. The van der Waals surface area contributed by atoms with E-state index in [1.807, 2.05) is 12.1 Å². The normalized spacial score (nSPS) is 15.4. The van der Waals surface area contributed by atoms with Crippen molar-refractivity contribution in [2.75, 3.05) is 12.4 Å². The Morgan fingerprint density at radius 2 is 1.81 bits per heavy atom. The van der Waals surface area contributed by atoms with Crippen molar-refractivity contribution in [2.24, 2.45) is 0 Å². The molecule has 0 aliphatic heterocycles. The zero-order chi connectivity index (χ0) is 15.2. The highest BCUT2D eigenvalue weighted by atomic mass is 16.5. The van der Waals surface area contributed by atoms with Crippen molar-refractivity contribution in [1.29, 1.82) is 0 Å². The minimum atomic E-state index is -0.294. The largest absolute Gasteiger partial charge is 0.507 e. The number of ether oxygens (including phenoxy) is 1. The Labute approximate surface area is 122 Å². The van der Waals surface area contributed by atoms with Gasteiger partial charge in [0.1, 0.15) is 17.1 Å². The summed E-state index contributed by atoms with van der Waals surface area (Å²) in [6, 6.07) is 7.21. The molecule has 2 N–H and O–H groups in total. The maximum absolute atomic E-state index is 11.6. The molecule has 0 radical (unpaired) electrons. The number of aliphatic hydroxyl groups is 1. The first-order chi connectivity index (χ1) is 10.1. The second kappa shape index (κ2) is 6.74. The van der Waals surface area contributed by atoms with Gasteiger partial charge in [0, 0.05) is 24.7 Å². The standard InChI is InChI=1S/C16H17NO4/c1-21-12-7-5-11(6-8-12)17-10-9-15(20)16-13(18)3-2-4-14(16)19/h5-10,17,20H,2-4H2,1H3. The molecule has 1 aliphatic carbocycles. The molecule has 0 bridgehead atoms. The summed E-state index contributed by atoms with van der Waals surface area (Å²) in [5, 5.41) is 12.8. The first-order valence-corrected chi connectivity index (χ1v) is 6.68. The molecular weight excluding hydrogens is 270 g/mol. The molecule has 0 saturated heterocycles. The van der Waals surface area contributed by atoms with Crippen molar-refractivity contribution >= 4 is 17.3 Å². The third kappa shape index (κ3) is 3.72. The van der Waals surface area contributed by atoms with E-state index >= 15 is 0 Å². The van der Waals surface area contributed by atoms with Crippen LogP contribution >= 0.6 is 0 Å². The van der Waals surface area contributed by atoms with Crippen molar-refractivity contribution in [3.63, 3.8) is 0 Å². The van der Waals surface area contributed by atoms with Gasteiger partial charge in [0.2, 0.25) is 0 Å². The molecule has 1 aliphatic rings. The van der Waals surface area contributed by atoms with Crippen LogP contribution in [0.3, 0.4) is 0 Å². The van der Waals surface area contributed by atoms with Gasteiger partial charge >= 0.3 is 0 Å². The zero-order valence-electron chi connectivity index (χ0n) is 11.8. The van der Waals surface area contributed by atoms with Crippen molar-refractivity contribution in [2.45, 2.75) is 19.3 Å². The lowest BCUT2D eigenvalue weighted by Crippen LogP contribution is -2.20. The van der Waals surface area contributed by atoms with Crippen LogP contribution in [0.2, 0.25) is 0 Å². The van der Waals surface area contributed by atoms with Crippen LogP contribution in [0, 0.1) is 0 Å². The number of Topliss-reactive ketones (excluding diaryl/α,β-unsaturated/α-hetero) is 2. The van der Waals surface area contributed by atoms with Crippen LogP contribution in [0.1, 0.15) is 19.3 Å². The Morgan fingerprint density at radius 3 is 2.38 bits per heavy atom. The summed E-state index contributed by atoms with van der Waals surface area (Å²) < 4.78 is 5.05. The smallest absolute Gasteiger partial charge is 0.170 e. The minimum absolute atomic E-state index is 0.0889. The molecule has 0 atom stereocenters. The molecule has 21 heavy (non-hydrogen) atoms. The fourth-order valence-electron chi connectivity index (χ4n) is 2.09. The van der Waals surface area contributed by atoms with Gasteiger partial charge in [-0.1, -0.05) is 0 Å². The number of aliphatic hydroxyl groups excluding tert-OH is 1. The van der Waals surface area contributed by atoms with Crippen molar-refractivity contribution < 1.29 is 19.4 Å². The van der Waals surface area contributed by atoms with E-state index in [-0.39, 0.29) is 22.9 Å². The molecule has 0 unspecified atom stereocenters. The number of methoxy groups -OCH3 is 1. The number of ketones is 2. The predicted molar refractivity (Wildman–Crippen MR) is 79.3 cm³/mol. The lowest BCUT2D eigenvalue weighted by Gasteiger charge is -2.12. The first-order valence-electron chi connectivity index (χ1n) is 6.68. The monoisotopic (exact) mass is 287 g/mol. The van der Waals surface area contributed by atoms with Crippen molar-refractivity contribution in [3.8, 4) is 5.75 Å². The Balaban J connectivity index is 2.05. The van der Waals surface area contributed by atoms with Crippen LogP contribution in [0.25, 0.3) is 0 Å². The minimum Gasteiger partial charge on any atom is -0.507 e. The molecule has 1 aromatic rings.